The van der Waals surface area contributed by atoms with Crippen molar-refractivity contribution in [3.05, 3.63) is 32.2 Å². The molecule has 0 amide bonds. The number of hydrogen-bond acceptors (Lipinski definition) is 3. The summed E-state index contributed by atoms with van der Waals surface area (Å²) in [7, 11) is 1.32. The molecule has 0 bridgehead atoms. The number of nitrogens with zero attached hydrogens (tertiary/aromatic N) is 1. The average molecular weight is 333 g/mol. The van der Waals surface area contributed by atoms with Crippen molar-refractivity contribution in [2.24, 2.45) is 0 Å². The first-order valence-electron chi connectivity index (χ1n) is 4.03. The van der Waals surface area contributed by atoms with Gasteiger partial charge in [0.2, 0.25) is 0 Å². The fourth-order valence-corrected chi connectivity index (χ4v) is 2.52. The van der Waals surface area contributed by atoms with Gasteiger partial charge in [0, 0.05) is 8.95 Å². The van der Waals surface area contributed by atoms with Gasteiger partial charge < -0.3 is 4.74 Å². The summed E-state index contributed by atoms with van der Waals surface area (Å²) in [6, 6.07) is 5.54. The zero-order chi connectivity index (χ0) is 11.4. The standard InChI is InChI=1S/C10H7Br2NO2/c1-15-10(14)3-6-2-7(11)4-9(12)8(6)5-13/h2,4H,3H2,1H3. The van der Waals surface area contributed by atoms with Crippen molar-refractivity contribution in [2.45, 2.75) is 6.42 Å². The van der Waals surface area contributed by atoms with E-state index in [1.807, 2.05) is 6.07 Å². The zero-order valence-electron chi connectivity index (χ0n) is 7.88. The average Bonchev–Trinajstić information content (AvgIpc) is 2.17. The summed E-state index contributed by atoms with van der Waals surface area (Å²) in [5.74, 6) is -0.364. The van der Waals surface area contributed by atoms with Crippen LogP contribution in [0.1, 0.15) is 11.1 Å². The van der Waals surface area contributed by atoms with Gasteiger partial charge in [-0.3, -0.25) is 4.79 Å². The Hall–Kier alpha value is -0.860. The van der Waals surface area contributed by atoms with E-state index >= 15 is 0 Å². The largest absolute Gasteiger partial charge is 0.469 e. The van der Waals surface area contributed by atoms with Crippen molar-refractivity contribution >= 4 is 37.8 Å². The van der Waals surface area contributed by atoms with Gasteiger partial charge in [0.1, 0.15) is 6.07 Å². The van der Waals surface area contributed by atoms with Crippen LogP contribution >= 0.6 is 31.9 Å². The number of rotatable bonds is 2. The zero-order valence-corrected chi connectivity index (χ0v) is 11.1. The van der Waals surface area contributed by atoms with Gasteiger partial charge in [-0.15, -0.1) is 0 Å². The lowest BCUT2D eigenvalue weighted by Crippen LogP contribution is -2.06. The Bertz CT molecular complexity index is 438. The smallest absolute Gasteiger partial charge is 0.310 e. The Labute approximate surface area is 104 Å². The minimum Gasteiger partial charge on any atom is -0.469 e. The number of carbonyl (C=O) groups is 1. The normalized spacial score (nSPS) is 9.47. The molecule has 0 aliphatic heterocycles. The molecule has 0 spiro atoms. The number of hydrogen-bond donors (Lipinski definition) is 0. The number of ether oxygens (including phenoxy) is 1. The fourth-order valence-electron chi connectivity index (χ4n) is 1.12. The second-order valence-electron chi connectivity index (χ2n) is 2.79. The summed E-state index contributed by atoms with van der Waals surface area (Å²) in [5, 5.41) is 8.93. The number of benzene rings is 1. The minimum atomic E-state index is -0.364. The lowest BCUT2D eigenvalue weighted by Gasteiger charge is -2.05. The van der Waals surface area contributed by atoms with Crippen LogP contribution in [0.5, 0.6) is 0 Å². The summed E-state index contributed by atoms with van der Waals surface area (Å²) < 4.78 is 6.03. The van der Waals surface area contributed by atoms with Crippen LogP contribution < -0.4 is 0 Å². The Morgan fingerprint density at radius 1 is 1.53 bits per heavy atom. The number of carbonyl (C=O) groups excluding carboxylic acids is 1. The van der Waals surface area contributed by atoms with E-state index in [-0.39, 0.29) is 12.4 Å². The van der Waals surface area contributed by atoms with E-state index in [0.29, 0.717) is 15.6 Å². The SMILES string of the molecule is COC(=O)Cc1cc(Br)cc(Br)c1C#N. The molecule has 0 unspecified atom stereocenters. The maximum absolute atomic E-state index is 11.1. The summed E-state index contributed by atoms with van der Waals surface area (Å²) in [6.07, 6.45) is 0.0947. The van der Waals surface area contributed by atoms with Crippen LogP contribution in [0, 0.1) is 11.3 Å². The highest BCUT2D eigenvalue weighted by atomic mass is 79.9. The van der Waals surface area contributed by atoms with Crippen molar-refractivity contribution in [3.63, 3.8) is 0 Å². The van der Waals surface area contributed by atoms with Crippen LogP contribution in [0.2, 0.25) is 0 Å². The van der Waals surface area contributed by atoms with E-state index in [2.05, 4.69) is 36.6 Å². The predicted molar refractivity (Wildman–Crippen MR) is 62.3 cm³/mol. The molecule has 78 valence electrons. The Balaban J connectivity index is 3.16. The highest BCUT2D eigenvalue weighted by Crippen LogP contribution is 2.25. The maximum Gasteiger partial charge on any atom is 0.310 e. The molecule has 0 atom stereocenters. The molecule has 1 aromatic carbocycles. The van der Waals surface area contributed by atoms with E-state index in [9.17, 15) is 4.79 Å². The molecule has 0 aliphatic rings. The second kappa shape index (κ2) is 5.29. The molecule has 0 heterocycles. The molecule has 0 N–H and O–H groups in total. The molecule has 1 rings (SSSR count). The summed E-state index contributed by atoms with van der Waals surface area (Å²) in [6.45, 7) is 0. The molecule has 0 aliphatic carbocycles. The molecule has 0 radical (unpaired) electrons. The quantitative estimate of drug-likeness (QED) is 0.782. The van der Waals surface area contributed by atoms with Gasteiger partial charge in [0.05, 0.1) is 19.1 Å². The van der Waals surface area contributed by atoms with Gasteiger partial charge in [0.15, 0.2) is 0 Å². The number of methoxy groups -OCH3 is 1. The monoisotopic (exact) mass is 331 g/mol. The van der Waals surface area contributed by atoms with Crippen LogP contribution in [0.3, 0.4) is 0 Å². The van der Waals surface area contributed by atoms with Crippen LogP contribution in [0.15, 0.2) is 21.1 Å². The molecule has 0 saturated carbocycles. The molecule has 3 nitrogen and oxygen atoms in total. The van der Waals surface area contributed by atoms with Crippen molar-refractivity contribution < 1.29 is 9.53 Å². The first-order valence-corrected chi connectivity index (χ1v) is 5.62. The molecule has 0 saturated heterocycles. The number of halogens is 2. The van der Waals surface area contributed by atoms with E-state index in [4.69, 9.17) is 5.26 Å². The van der Waals surface area contributed by atoms with Crippen LogP contribution in [-0.4, -0.2) is 13.1 Å². The van der Waals surface area contributed by atoms with Gasteiger partial charge in [-0.1, -0.05) is 15.9 Å². The third-order valence-corrected chi connectivity index (χ3v) is 2.89. The van der Waals surface area contributed by atoms with Crippen molar-refractivity contribution in [1.29, 1.82) is 5.26 Å². The van der Waals surface area contributed by atoms with Gasteiger partial charge in [-0.2, -0.15) is 5.26 Å². The van der Waals surface area contributed by atoms with Crippen molar-refractivity contribution in [1.82, 2.24) is 0 Å². The molecule has 0 fully saturated rings. The maximum atomic E-state index is 11.1. The van der Waals surface area contributed by atoms with Crippen LogP contribution in [-0.2, 0) is 16.0 Å². The van der Waals surface area contributed by atoms with Gasteiger partial charge >= 0.3 is 5.97 Å². The summed E-state index contributed by atoms with van der Waals surface area (Å²) in [4.78, 5) is 11.1. The first kappa shape index (κ1) is 12.2. The Morgan fingerprint density at radius 3 is 2.73 bits per heavy atom. The highest BCUT2D eigenvalue weighted by molar-refractivity contribution is 9.11. The molecular formula is C10H7Br2NO2. The van der Waals surface area contributed by atoms with Gasteiger partial charge in [-0.05, 0) is 33.6 Å². The summed E-state index contributed by atoms with van der Waals surface area (Å²) >= 11 is 6.56. The predicted octanol–water partition coefficient (Wildman–Crippen LogP) is 2.80. The van der Waals surface area contributed by atoms with Crippen LogP contribution in [0.4, 0.5) is 0 Å². The van der Waals surface area contributed by atoms with Crippen molar-refractivity contribution in [2.75, 3.05) is 7.11 Å². The molecule has 0 aromatic heterocycles. The highest BCUT2D eigenvalue weighted by Gasteiger charge is 2.12. The van der Waals surface area contributed by atoms with E-state index in [1.54, 1.807) is 12.1 Å². The van der Waals surface area contributed by atoms with Crippen molar-refractivity contribution in [3.8, 4) is 6.07 Å². The van der Waals surface area contributed by atoms with E-state index in [0.717, 1.165) is 4.47 Å². The number of esters is 1. The third kappa shape index (κ3) is 3.05. The molecule has 1 aromatic rings. The first-order chi connectivity index (χ1) is 7.08. The molecular weight excluding hydrogens is 326 g/mol. The Morgan fingerprint density at radius 2 is 2.20 bits per heavy atom. The Kier molecular flexibility index (Phi) is 4.30. The van der Waals surface area contributed by atoms with Gasteiger partial charge in [-0.25, -0.2) is 0 Å². The fraction of sp³-hybridized carbons (Fsp3) is 0.200. The van der Waals surface area contributed by atoms with Gasteiger partial charge in [0.25, 0.3) is 0 Å². The minimum absolute atomic E-state index is 0.0947. The third-order valence-electron chi connectivity index (χ3n) is 1.81. The van der Waals surface area contributed by atoms with Crippen LogP contribution in [0.25, 0.3) is 0 Å². The molecule has 15 heavy (non-hydrogen) atoms. The second-order valence-corrected chi connectivity index (χ2v) is 4.56. The molecule has 5 heteroatoms. The lowest BCUT2D eigenvalue weighted by atomic mass is 10.1. The summed E-state index contributed by atoms with van der Waals surface area (Å²) in [5.41, 5.74) is 1.11. The lowest BCUT2D eigenvalue weighted by molar-refractivity contribution is -0.139. The topological polar surface area (TPSA) is 50.1 Å². The van der Waals surface area contributed by atoms with E-state index < -0.39 is 0 Å². The van der Waals surface area contributed by atoms with E-state index in [1.165, 1.54) is 7.11 Å². The number of nitriles is 1.